The zero-order valence-corrected chi connectivity index (χ0v) is 18.0. The van der Waals surface area contributed by atoms with Crippen LogP contribution in [0.1, 0.15) is 55.4 Å². The third-order valence-electron chi connectivity index (χ3n) is 6.00. The van der Waals surface area contributed by atoms with Crippen LogP contribution in [0.4, 0.5) is 0 Å². The first kappa shape index (κ1) is 20.3. The Bertz CT molecular complexity index is 1060. The highest BCUT2D eigenvalue weighted by atomic mass is 32.2. The lowest BCUT2D eigenvalue weighted by molar-refractivity contribution is 0.198. The molecule has 1 atom stereocenters. The summed E-state index contributed by atoms with van der Waals surface area (Å²) < 4.78 is 28.0. The summed E-state index contributed by atoms with van der Waals surface area (Å²) in [5.41, 5.74) is 2.39. The van der Waals surface area contributed by atoms with E-state index in [1.165, 1.54) is 4.31 Å². The van der Waals surface area contributed by atoms with E-state index >= 15 is 0 Å². The van der Waals surface area contributed by atoms with Crippen molar-refractivity contribution in [3.8, 4) is 0 Å². The van der Waals surface area contributed by atoms with Crippen LogP contribution in [0, 0.1) is 6.92 Å². The van der Waals surface area contributed by atoms with Gasteiger partial charge in [-0.15, -0.1) is 0 Å². The lowest BCUT2D eigenvalue weighted by Crippen LogP contribution is -2.40. The number of hydrogen-bond acceptors (Lipinski definition) is 5. The molecule has 8 heteroatoms. The zero-order chi connectivity index (χ0) is 20.8. The van der Waals surface area contributed by atoms with Crippen LogP contribution in [-0.4, -0.2) is 46.7 Å². The van der Waals surface area contributed by atoms with E-state index in [0.29, 0.717) is 37.8 Å². The van der Waals surface area contributed by atoms with Gasteiger partial charge in [0.05, 0.1) is 16.6 Å². The molecule has 0 aliphatic carbocycles. The van der Waals surface area contributed by atoms with Gasteiger partial charge in [-0.25, -0.2) is 13.4 Å². The molecule has 0 radical (unpaired) electrons. The number of hydrogen-bond donors (Lipinski definition) is 1. The summed E-state index contributed by atoms with van der Waals surface area (Å²) in [7, 11) is -3.65. The van der Waals surface area contributed by atoms with Gasteiger partial charge >= 0.3 is 0 Å². The molecule has 1 saturated heterocycles. The topological polar surface area (TPSA) is 86.4 Å². The third-order valence-corrected chi connectivity index (χ3v) is 7.92. The highest BCUT2D eigenvalue weighted by Crippen LogP contribution is 2.35. The fraction of sp³-hybridized carbons (Fsp3) is 0.524. The Kier molecular flexibility index (Phi) is 5.35. The van der Waals surface area contributed by atoms with Crippen molar-refractivity contribution >= 4 is 10.0 Å². The van der Waals surface area contributed by atoms with Crippen LogP contribution in [-0.2, 0) is 23.0 Å². The maximum absolute atomic E-state index is 13.2. The molecule has 3 heterocycles. The summed E-state index contributed by atoms with van der Waals surface area (Å²) in [5.74, 6) is 0.465. The number of benzene rings is 1. The van der Waals surface area contributed by atoms with Crippen molar-refractivity contribution in [3.05, 3.63) is 57.3 Å². The average Bonchev–Trinajstić information content (AvgIpc) is 3.18. The summed E-state index contributed by atoms with van der Waals surface area (Å²) in [4.78, 5) is 22.9. The van der Waals surface area contributed by atoms with Gasteiger partial charge in [-0.05, 0) is 52.2 Å². The van der Waals surface area contributed by atoms with Crippen LogP contribution in [0.5, 0.6) is 0 Å². The highest BCUT2D eigenvalue weighted by molar-refractivity contribution is 7.89. The van der Waals surface area contributed by atoms with Gasteiger partial charge in [0, 0.05) is 31.2 Å². The van der Waals surface area contributed by atoms with Crippen molar-refractivity contribution in [1.82, 2.24) is 19.2 Å². The fourth-order valence-electron chi connectivity index (χ4n) is 4.22. The van der Waals surface area contributed by atoms with Crippen molar-refractivity contribution in [2.75, 3.05) is 13.1 Å². The molecule has 29 heavy (non-hydrogen) atoms. The molecule has 0 saturated carbocycles. The van der Waals surface area contributed by atoms with Crippen molar-refractivity contribution < 1.29 is 8.42 Å². The summed E-state index contributed by atoms with van der Waals surface area (Å²) in [6.07, 6.45) is 2.07. The first-order valence-corrected chi connectivity index (χ1v) is 11.7. The van der Waals surface area contributed by atoms with Gasteiger partial charge in [-0.1, -0.05) is 17.7 Å². The largest absolute Gasteiger partial charge is 0.309 e. The summed E-state index contributed by atoms with van der Waals surface area (Å²) in [6, 6.07) is 6.83. The molecular weight excluding hydrogens is 388 g/mol. The van der Waals surface area contributed by atoms with E-state index in [9.17, 15) is 13.2 Å². The monoisotopic (exact) mass is 416 g/mol. The molecular formula is C21H28N4O3S. The molecule has 0 bridgehead atoms. The quantitative estimate of drug-likeness (QED) is 0.827. The number of H-pyrrole nitrogens is 1. The Morgan fingerprint density at radius 3 is 2.59 bits per heavy atom. The minimum absolute atomic E-state index is 0.131. The van der Waals surface area contributed by atoms with Gasteiger partial charge in [-0.2, -0.15) is 4.31 Å². The van der Waals surface area contributed by atoms with E-state index in [1.54, 1.807) is 24.3 Å². The Morgan fingerprint density at radius 2 is 1.90 bits per heavy atom. The van der Waals surface area contributed by atoms with Crippen LogP contribution >= 0.6 is 0 Å². The predicted octanol–water partition coefficient (Wildman–Crippen LogP) is 2.37. The van der Waals surface area contributed by atoms with Crippen LogP contribution in [0.2, 0.25) is 0 Å². The van der Waals surface area contributed by atoms with Crippen molar-refractivity contribution in [1.29, 1.82) is 0 Å². The summed E-state index contributed by atoms with van der Waals surface area (Å²) in [5, 5.41) is 0. The summed E-state index contributed by atoms with van der Waals surface area (Å²) in [6.45, 7) is 8.09. The normalized spacial score (nSPS) is 20.9. The molecule has 0 spiro atoms. The molecule has 0 amide bonds. The number of rotatable bonds is 4. The zero-order valence-electron chi connectivity index (χ0n) is 17.2. The average molecular weight is 417 g/mol. The highest BCUT2D eigenvalue weighted by Gasteiger charge is 2.38. The number of nitrogens with zero attached hydrogens (tertiary/aromatic N) is 3. The number of aryl methyl sites for hydroxylation is 1. The van der Waals surface area contributed by atoms with E-state index in [0.717, 1.165) is 29.8 Å². The molecule has 7 nitrogen and oxygen atoms in total. The smallest absolute Gasteiger partial charge is 0.254 e. The first-order chi connectivity index (χ1) is 13.8. The van der Waals surface area contributed by atoms with E-state index in [2.05, 4.69) is 23.7 Å². The van der Waals surface area contributed by atoms with Gasteiger partial charge in [-0.3, -0.25) is 9.69 Å². The second-order valence-corrected chi connectivity index (χ2v) is 10.2. The molecule has 156 valence electrons. The Labute approximate surface area is 171 Å². The Hall–Kier alpha value is -2.03. The molecule has 1 aromatic heterocycles. The van der Waals surface area contributed by atoms with Crippen LogP contribution < -0.4 is 5.56 Å². The minimum atomic E-state index is -3.65. The number of fused-ring (bicyclic) bond motifs is 1. The van der Waals surface area contributed by atoms with Crippen LogP contribution in [0.15, 0.2) is 34.0 Å². The van der Waals surface area contributed by atoms with E-state index in [1.807, 2.05) is 6.92 Å². The molecule has 0 unspecified atom stereocenters. The van der Waals surface area contributed by atoms with Gasteiger partial charge in [0.15, 0.2) is 0 Å². The minimum Gasteiger partial charge on any atom is -0.309 e. The fourth-order valence-corrected chi connectivity index (χ4v) is 5.88. The van der Waals surface area contributed by atoms with Gasteiger partial charge in [0.25, 0.3) is 5.56 Å². The standard InChI is InChI=1S/C21H28N4O3S/c1-14(2)24-12-10-17-18(13-24)22-20(23-21(17)26)19-5-4-11-25(19)29(27,28)16-8-6-15(3)7-9-16/h6-9,14,19H,4-5,10-13H2,1-3H3,(H,22,23,26)/t19-/m1/s1. The molecule has 2 aromatic rings. The van der Waals surface area contributed by atoms with Gasteiger partial charge in [0.2, 0.25) is 10.0 Å². The van der Waals surface area contributed by atoms with Crippen molar-refractivity contribution in [3.63, 3.8) is 0 Å². The second kappa shape index (κ2) is 7.66. The maximum atomic E-state index is 13.2. The number of sulfonamides is 1. The molecule has 2 aliphatic rings. The first-order valence-electron chi connectivity index (χ1n) is 10.2. The molecule has 1 fully saturated rings. The van der Waals surface area contributed by atoms with Crippen molar-refractivity contribution in [2.24, 2.45) is 0 Å². The molecule has 1 aromatic carbocycles. The lowest BCUT2D eigenvalue weighted by atomic mass is 10.0. The SMILES string of the molecule is Cc1ccc(S(=O)(=O)N2CCC[C@@H]2c2nc3c(c(=O)[nH]2)CCN(C(C)C)C3)cc1. The second-order valence-electron chi connectivity index (χ2n) is 8.28. The van der Waals surface area contributed by atoms with E-state index in [-0.39, 0.29) is 10.5 Å². The lowest BCUT2D eigenvalue weighted by Gasteiger charge is -2.31. The Morgan fingerprint density at radius 1 is 1.17 bits per heavy atom. The molecule has 4 rings (SSSR count). The molecule has 2 aliphatic heterocycles. The van der Waals surface area contributed by atoms with E-state index in [4.69, 9.17) is 4.98 Å². The number of aromatic amines is 1. The third kappa shape index (κ3) is 3.76. The maximum Gasteiger partial charge on any atom is 0.254 e. The Balaban J connectivity index is 1.69. The van der Waals surface area contributed by atoms with Crippen LogP contribution in [0.25, 0.3) is 0 Å². The van der Waals surface area contributed by atoms with Gasteiger partial charge < -0.3 is 4.98 Å². The number of nitrogens with one attached hydrogen (secondary N) is 1. The summed E-state index contributed by atoms with van der Waals surface area (Å²) >= 11 is 0. The van der Waals surface area contributed by atoms with Crippen molar-refractivity contribution in [2.45, 2.75) is 63.6 Å². The van der Waals surface area contributed by atoms with E-state index < -0.39 is 16.1 Å². The van der Waals surface area contributed by atoms with Crippen LogP contribution in [0.3, 0.4) is 0 Å². The van der Waals surface area contributed by atoms with Gasteiger partial charge in [0.1, 0.15) is 5.82 Å². The predicted molar refractivity (Wildman–Crippen MR) is 111 cm³/mol. The number of aromatic nitrogens is 2. The molecule has 1 N–H and O–H groups in total.